The van der Waals surface area contributed by atoms with Crippen LogP contribution in [0.5, 0.6) is 0 Å². The van der Waals surface area contributed by atoms with E-state index >= 15 is 0 Å². The lowest BCUT2D eigenvalue weighted by molar-refractivity contribution is 0.599. The van der Waals surface area contributed by atoms with Gasteiger partial charge >= 0.3 is 0 Å². The Hall–Kier alpha value is -3.19. The van der Waals surface area contributed by atoms with Crippen molar-refractivity contribution in [3.63, 3.8) is 0 Å². The first-order valence-electron chi connectivity index (χ1n) is 9.53. The number of fused-ring (bicyclic) bond motifs is 1. The van der Waals surface area contributed by atoms with Gasteiger partial charge < -0.3 is 4.57 Å². The van der Waals surface area contributed by atoms with Gasteiger partial charge in [0.05, 0.1) is 22.4 Å². The van der Waals surface area contributed by atoms with E-state index in [0.717, 1.165) is 34.3 Å². The van der Waals surface area contributed by atoms with Gasteiger partial charge in [0.2, 0.25) is 0 Å². The fourth-order valence-corrected chi connectivity index (χ4v) is 4.50. The second-order valence-corrected chi connectivity index (χ2v) is 9.16. The molecule has 30 heavy (non-hydrogen) atoms. The van der Waals surface area contributed by atoms with E-state index in [2.05, 4.69) is 34.0 Å². The Labute approximate surface area is 175 Å². The first kappa shape index (κ1) is 20.1. The lowest BCUT2D eigenvalue weighted by Gasteiger charge is -2.14. The summed E-state index contributed by atoms with van der Waals surface area (Å²) in [5.41, 5.74) is 5.94. The van der Waals surface area contributed by atoms with Crippen LogP contribution in [-0.2, 0) is 16.6 Å². The van der Waals surface area contributed by atoms with Crippen molar-refractivity contribution in [3.8, 4) is 0 Å². The lowest BCUT2D eigenvalue weighted by Crippen LogP contribution is -2.14. The van der Waals surface area contributed by atoms with E-state index in [1.54, 1.807) is 6.33 Å². The van der Waals surface area contributed by atoms with Crippen LogP contribution >= 0.6 is 0 Å². The summed E-state index contributed by atoms with van der Waals surface area (Å²) in [6, 6.07) is 15.0. The molecular formula is C23H22FN3O2S. The molecule has 3 aromatic carbocycles. The van der Waals surface area contributed by atoms with Crippen molar-refractivity contribution in [1.29, 1.82) is 0 Å². The maximum Gasteiger partial charge on any atom is 0.261 e. The molecule has 0 radical (unpaired) electrons. The minimum Gasteiger partial charge on any atom is -0.326 e. The van der Waals surface area contributed by atoms with Crippen molar-refractivity contribution in [1.82, 2.24) is 9.55 Å². The number of aryl methyl sites for hydroxylation is 2. The smallest absolute Gasteiger partial charge is 0.261 e. The predicted octanol–water partition coefficient (Wildman–Crippen LogP) is 4.95. The van der Waals surface area contributed by atoms with Crippen molar-refractivity contribution >= 4 is 26.7 Å². The molecule has 0 aliphatic rings. The van der Waals surface area contributed by atoms with Crippen molar-refractivity contribution in [2.75, 3.05) is 4.72 Å². The molecule has 0 aliphatic heterocycles. The van der Waals surface area contributed by atoms with E-state index in [1.165, 1.54) is 17.7 Å². The number of rotatable bonds is 5. The molecule has 4 aromatic rings. The molecule has 1 N–H and O–H groups in total. The zero-order valence-corrected chi connectivity index (χ0v) is 17.8. The summed E-state index contributed by atoms with van der Waals surface area (Å²) in [6.45, 7) is 6.47. The molecule has 0 bridgehead atoms. The van der Waals surface area contributed by atoms with Gasteiger partial charge in [-0.05, 0) is 67.8 Å². The monoisotopic (exact) mass is 423 g/mol. The number of anilines is 1. The first-order valence-corrected chi connectivity index (χ1v) is 11.0. The van der Waals surface area contributed by atoms with Crippen molar-refractivity contribution in [3.05, 3.63) is 89.0 Å². The number of sulfonamides is 1. The largest absolute Gasteiger partial charge is 0.326 e. The summed E-state index contributed by atoms with van der Waals surface area (Å²) >= 11 is 0. The second kappa shape index (κ2) is 7.57. The standard InChI is InChI=1S/C23H22FN3O2S/c1-15-4-6-18(7-5-15)13-27-14-25-23-21(27)12-16(2)17(3)22(23)26-30(28,29)20-10-8-19(24)9-11-20/h4-12,14,26H,13H2,1-3H3. The van der Waals surface area contributed by atoms with Crippen molar-refractivity contribution in [2.45, 2.75) is 32.2 Å². The summed E-state index contributed by atoms with van der Waals surface area (Å²) in [4.78, 5) is 4.50. The number of halogens is 1. The van der Waals surface area contributed by atoms with Crippen LogP contribution in [0.3, 0.4) is 0 Å². The fourth-order valence-electron chi connectivity index (χ4n) is 3.37. The normalized spacial score (nSPS) is 11.7. The zero-order chi connectivity index (χ0) is 21.5. The van der Waals surface area contributed by atoms with E-state index in [0.29, 0.717) is 17.7 Å². The van der Waals surface area contributed by atoms with Crippen LogP contribution in [0, 0.1) is 26.6 Å². The number of aromatic nitrogens is 2. The van der Waals surface area contributed by atoms with Crippen molar-refractivity contribution < 1.29 is 12.8 Å². The van der Waals surface area contributed by atoms with Gasteiger partial charge in [-0.3, -0.25) is 4.72 Å². The third kappa shape index (κ3) is 3.80. The zero-order valence-electron chi connectivity index (χ0n) is 17.0. The van der Waals surface area contributed by atoms with Gasteiger partial charge in [-0.1, -0.05) is 29.8 Å². The quantitative estimate of drug-likeness (QED) is 0.494. The van der Waals surface area contributed by atoms with Crippen LogP contribution < -0.4 is 4.72 Å². The van der Waals surface area contributed by atoms with Gasteiger partial charge in [0.1, 0.15) is 11.3 Å². The van der Waals surface area contributed by atoms with Crippen LogP contribution in [0.4, 0.5) is 10.1 Å². The van der Waals surface area contributed by atoms with Gasteiger partial charge in [-0.15, -0.1) is 0 Å². The lowest BCUT2D eigenvalue weighted by atomic mass is 10.1. The Kier molecular flexibility index (Phi) is 5.07. The summed E-state index contributed by atoms with van der Waals surface area (Å²) in [5.74, 6) is -0.488. The highest BCUT2D eigenvalue weighted by Gasteiger charge is 2.20. The molecule has 1 aromatic heterocycles. The van der Waals surface area contributed by atoms with Crippen LogP contribution in [0.1, 0.15) is 22.3 Å². The SMILES string of the molecule is Cc1ccc(Cn2cnc3c(NS(=O)(=O)c4ccc(F)cc4)c(C)c(C)cc32)cc1. The Morgan fingerprint density at radius 2 is 1.67 bits per heavy atom. The van der Waals surface area contributed by atoms with Gasteiger partial charge in [0.15, 0.2) is 0 Å². The highest BCUT2D eigenvalue weighted by Crippen LogP contribution is 2.31. The second-order valence-electron chi connectivity index (χ2n) is 7.48. The van der Waals surface area contributed by atoms with Gasteiger partial charge in [-0.25, -0.2) is 17.8 Å². The highest BCUT2D eigenvalue weighted by atomic mass is 32.2. The number of hydrogen-bond donors (Lipinski definition) is 1. The molecule has 154 valence electrons. The van der Waals surface area contributed by atoms with E-state index in [9.17, 15) is 12.8 Å². The number of nitrogens with zero attached hydrogens (tertiary/aromatic N) is 2. The minimum atomic E-state index is -3.88. The van der Waals surface area contributed by atoms with E-state index in [1.807, 2.05) is 31.4 Å². The number of benzene rings is 3. The molecule has 0 saturated heterocycles. The molecule has 4 rings (SSSR count). The molecule has 0 atom stereocenters. The average Bonchev–Trinajstić information content (AvgIpc) is 3.09. The van der Waals surface area contributed by atoms with Crippen LogP contribution in [0.2, 0.25) is 0 Å². The molecule has 5 nitrogen and oxygen atoms in total. The minimum absolute atomic E-state index is 0.00274. The maximum atomic E-state index is 13.2. The summed E-state index contributed by atoms with van der Waals surface area (Å²) < 4.78 is 43.6. The topological polar surface area (TPSA) is 64.0 Å². The molecule has 0 fully saturated rings. The number of nitrogens with one attached hydrogen (secondary N) is 1. The van der Waals surface area contributed by atoms with Crippen molar-refractivity contribution in [2.24, 2.45) is 0 Å². The molecule has 7 heteroatoms. The van der Waals surface area contributed by atoms with Gasteiger partial charge in [0, 0.05) is 6.54 Å². The average molecular weight is 424 g/mol. The Balaban J connectivity index is 1.76. The molecule has 0 spiro atoms. The Morgan fingerprint density at radius 1 is 1.00 bits per heavy atom. The van der Waals surface area contributed by atoms with Crippen LogP contribution in [0.25, 0.3) is 11.0 Å². The Morgan fingerprint density at radius 3 is 2.33 bits per heavy atom. The third-order valence-corrected chi connectivity index (χ3v) is 6.63. The van der Waals surface area contributed by atoms with Gasteiger partial charge in [-0.2, -0.15) is 0 Å². The van der Waals surface area contributed by atoms with Crippen LogP contribution in [-0.4, -0.2) is 18.0 Å². The van der Waals surface area contributed by atoms with E-state index in [-0.39, 0.29) is 4.90 Å². The molecule has 0 amide bonds. The molecular weight excluding hydrogens is 401 g/mol. The highest BCUT2D eigenvalue weighted by molar-refractivity contribution is 7.92. The number of hydrogen-bond acceptors (Lipinski definition) is 3. The summed E-state index contributed by atoms with van der Waals surface area (Å²) in [6.07, 6.45) is 1.72. The fraction of sp³-hybridized carbons (Fsp3) is 0.174. The molecule has 1 heterocycles. The van der Waals surface area contributed by atoms with E-state index in [4.69, 9.17) is 0 Å². The first-order chi connectivity index (χ1) is 14.2. The maximum absolute atomic E-state index is 13.2. The molecule has 0 saturated carbocycles. The summed E-state index contributed by atoms with van der Waals surface area (Å²) in [7, 11) is -3.88. The van der Waals surface area contributed by atoms with Crippen LogP contribution in [0.15, 0.2) is 65.8 Å². The number of imidazole rings is 1. The molecule has 0 aliphatic carbocycles. The molecule has 0 unspecified atom stereocenters. The predicted molar refractivity (Wildman–Crippen MR) is 117 cm³/mol. The third-order valence-electron chi connectivity index (χ3n) is 5.27. The Bertz CT molecular complexity index is 1330. The summed E-state index contributed by atoms with van der Waals surface area (Å²) in [5, 5.41) is 0. The van der Waals surface area contributed by atoms with E-state index < -0.39 is 15.8 Å². The van der Waals surface area contributed by atoms with Gasteiger partial charge in [0.25, 0.3) is 10.0 Å².